The summed E-state index contributed by atoms with van der Waals surface area (Å²) in [7, 11) is -0.547. The number of sulfonamides is 1. The Labute approximate surface area is 134 Å². The molecule has 5 nitrogen and oxygen atoms in total. The van der Waals surface area contributed by atoms with Gasteiger partial charge in [0.05, 0.1) is 25.0 Å². The third kappa shape index (κ3) is 3.41. The van der Waals surface area contributed by atoms with Gasteiger partial charge < -0.3 is 9.47 Å². The molecule has 1 aliphatic rings. The average molecular weight is 352 g/mol. The second kappa shape index (κ2) is 7.09. The van der Waals surface area contributed by atoms with Gasteiger partial charge in [-0.05, 0) is 6.07 Å². The number of hydrogen-bond donors (Lipinski definition) is 0. The highest BCUT2D eigenvalue weighted by atomic mass is 35.5. The quantitative estimate of drug-likeness (QED) is 0.761. The van der Waals surface area contributed by atoms with E-state index in [2.05, 4.69) is 0 Å². The summed E-state index contributed by atoms with van der Waals surface area (Å²) in [5.41, 5.74) is 0.600. The summed E-state index contributed by atoms with van der Waals surface area (Å²) in [6.45, 7) is 1.05. The van der Waals surface area contributed by atoms with Crippen molar-refractivity contribution in [3.63, 3.8) is 0 Å². The second-order valence-electron chi connectivity index (χ2n) is 4.47. The zero-order valence-electron chi connectivity index (χ0n) is 12.0. The summed E-state index contributed by atoms with van der Waals surface area (Å²) in [5, 5.41) is 0. The fourth-order valence-corrected chi connectivity index (χ4v) is 5.04. The number of rotatable bonds is 5. The molecule has 0 aromatic heterocycles. The first-order valence-electron chi connectivity index (χ1n) is 6.43. The van der Waals surface area contributed by atoms with Gasteiger partial charge in [0.1, 0.15) is 0 Å². The van der Waals surface area contributed by atoms with Crippen LogP contribution in [0.4, 0.5) is 0 Å². The minimum absolute atomic E-state index is 0.152. The van der Waals surface area contributed by atoms with E-state index in [1.54, 1.807) is 17.8 Å². The SMILES string of the molecule is COc1cc(S(=O)(=O)N2CCSCC2)cc(CCl)c1OC. The maximum absolute atomic E-state index is 12.7. The minimum atomic E-state index is -3.53. The van der Waals surface area contributed by atoms with Gasteiger partial charge in [0.25, 0.3) is 0 Å². The van der Waals surface area contributed by atoms with Crippen LogP contribution in [0.1, 0.15) is 5.56 Å². The maximum Gasteiger partial charge on any atom is 0.243 e. The molecule has 0 N–H and O–H groups in total. The highest BCUT2D eigenvalue weighted by molar-refractivity contribution is 7.99. The molecule has 8 heteroatoms. The van der Waals surface area contributed by atoms with E-state index < -0.39 is 10.0 Å². The predicted octanol–water partition coefficient (Wildman–Crippen LogP) is 2.18. The number of benzene rings is 1. The van der Waals surface area contributed by atoms with Crippen molar-refractivity contribution >= 4 is 33.4 Å². The Hall–Kier alpha value is -0.630. The third-order valence-corrected chi connectivity index (χ3v) is 6.39. The van der Waals surface area contributed by atoms with E-state index in [0.29, 0.717) is 30.2 Å². The molecule has 1 aromatic rings. The molecule has 0 bridgehead atoms. The smallest absolute Gasteiger partial charge is 0.243 e. The van der Waals surface area contributed by atoms with Gasteiger partial charge in [0, 0.05) is 36.2 Å². The molecular formula is C13H18ClNO4S2. The summed E-state index contributed by atoms with van der Waals surface area (Å²) in [6, 6.07) is 3.05. The third-order valence-electron chi connectivity index (χ3n) is 3.28. The first-order valence-corrected chi connectivity index (χ1v) is 9.56. The largest absolute Gasteiger partial charge is 0.493 e. The lowest BCUT2D eigenvalue weighted by molar-refractivity contribution is 0.351. The summed E-state index contributed by atoms with van der Waals surface area (Å²) in [5.74, 6) is 2.63. The van der Waals surface area contributed by atoms with Gasteiger partial charge in [-0.3, -0.25) is 0 Å². The summed E-state index contributed by atoms with van der Waals surface area (Å²) in [4.78, 5) is 0.197. The lowest BCUT2D eigenvalue weighted by atomic mass is 10.2. The molecule has 2 rings (SSSR count). The van der Waals surface area contributed by atoms with Crippen LogP contribution in [-0.4, -0.2) is 51.5 Å². The molecule has 0 unspecified atom stereocenters. The topological polar surface area (TPSA) is 55.8 Å². The first-order chi connectivity index (χ1) is 10.0. The van der Waals surface area contributed by atoms with Crippen molar-refractivity contribution in [2.24, 2.45) is 0 Å². The van der Waals surface area contributed by atoms with Crippen molar-refractivity contribution in [1.29, 1.82) is 0 Å². The second-order valence-corrected chi connectivity index (χ2v) is 7.90. The number of hydrogen-bond acceptors (Lipinski definition) is 5. The van der Waals surface area contributed by atoms with Gasteiger partial charge >= 0.3 is 0 Å². The van der Waals surface area contributed by atoms with E-state index in [-0.39, 0.29) is 10.8 Å². The predicted molar refractivity (Wildman–Crippen MR) is 85.2 cm³/mol. The maximum atomic E-state index is 12.7. The van der Waals surface area contributed by atoms with E-state index in [4.69, 9.17) is 21.1 Å². The Morgan fingerprint density at radius 3 is 2.43 bits per heavy atom. The Morgan fingerprint density at radius 2 is 1.90 bits per heavy atom. The van der Waals surface area contributed by atoms with Crippen molar-refractivity contribution in [3.8, 4) is 11.5 Å². The Balaban J connectivity index is 2.47. The number of ether oxygens (including phenoxy) is 2. The van der Waals surface area contributed by atoms with Crippen molar-refractivity contribution in [1.82, 2.24) is 4.31 Å². The Morgan fingerprint density at radius 1 is 1.24 bits per heavy atom. The van der Waals surface area contributed by atoms with Crippen molar-refractivity contribution in [2.75, 3.05) is 38.8 Å². The Bertz CT molecular complexity index is 575. The summed E-state index contributed by atoms with van der Waals surface area (Å²) >= 11 is 7.66. The fourth-order valence-electron chi connectivity index (χ4n) is 2.20. The summed E-state index contributed by atoms with van der Waals surface area (Å²) in [6.07, 6.45) is 0. The number of alkyl halides is 1. The first kappa shape index (κ1) is 16.7. The molecular weight excluding hydrogens is 334 g/mol. The van der Waals surface area contributed by atoms with Gasteiger partial charge in [-0.15, -0.1) is 11.6 Å². The van der Waals surface area contributed by atoms with Crippen molar-refractivity contribution in [3.05, 3.63) is 17.7 Å². The van der Waals surface area contributed by atoms with E-state index in [9.17, 15) is 8.42 Å². The van der Waals surface area contributed by atoms with Crippen molar-refractivity contribution < 1.29 is 17.9 Å². The van der Waals surface area contributed by atoms with Crippen LogP contribution in [0.15, 0.2) is 17.0 Å². The van der Waals surface area contributed by atoms with E-state index in [1.807, 2.05) is 0 Å². The van der Waals surface area contributed by atoms with Crippen LogP contribution in [-0.2, 0) is 15.9 Å². The molecule has 0 saturated carbocycles. The lowest BCUT2D eigenvalue weighted by Crippen LogP contribution is -2.37. The van der Waals surface area contributed by atoms with Crippen molar-refractivity contribution in [2.45, 2.75) is 10.8 Å². The van der Waals surface area contributed by atoms with Crippen LogP contribution in [0.25, 0.3) is 0 Å². The number of methoxy groups -OCH3 is 2. The van der Waals surface area contributed by atoms with Crippen LogP contribution in [0.5, 0.6) is 11.5 Å². The molecule has 0 amide bonds. The van der Waals surface area contributed by atoms with Gasteiger partial charge in [0.2, 0.25) is 10.0 Å². The normalized spacial score (nSPS) is 16.7. The van der Waals surface area contributed by atoms with E-state index >= 15 is 0 Å². The number of nitrogens with zero attached hydrogens (tertiary/aromatic N) is 1. The number of halogens is 1. The van der Waals surface area contributed by atoms with Crippen LogP contribution < -0.4 is 9.47 Å². The molecule has 1 saturated heterocycles. The molecule has 1 heterocycles. The molecule has 118 valence electrons. The monoisotopic (exact) mass is 351 g/mol. The van der Waals surface area contributed by atoms with Gasteiger partial charge in [-0.25, -0.2) is 8.42 Å². The molecule has 1 fully saturated rings. The molecule has 0 spiro atoms. The van der Waals surface area contributed by atoms with Gasteiger partial charge in [-0.1, -0.05) is 0 Å². The van der Waals surface area contributed by atoms with Crippen LogP contribution in [0.3, 0.4) is 0 Å². The minimum Gasteiger partial charge on any atom is -0.493 e. The van der Waals surface area contributed by atoms with Crippen LogP contribution >= 0.6 is 23.4 Å². The molecule has 1 aliphatic heterocycles. The lowest BCUT2D eigenvalue weighted by Gasteiger charge is -2.26. The molecule has 0 aliphatic carbocycles. The Kier molecular flexibility index (Phi) is 5.65. The number of thioether (sulfide) groups is 1. The van der Waals surface area contributed by atoms with Crippen LogP contribution in [0.2, 0.25) is 0 Å². The molecule has 0 atom stereocenters. The summed E-state index contributed by atoms with van der Waals surface area (Å²) < 4.78 is 37.4. The molecule has 0 radical (unpaired) electrons. The highest BCUT2D eigenvalue weighted by Gasteiger charge is 2.28. The van der Waals surface area contributed by atoms with Gasteiger partial charge in [0.15, 0.2) is 11.5 Å². The van der Waals surface area contributed by atoms with Gasteiger partial charge in [-0.2, -0.15) is 16.1 Å². The van der Waals surface area contributed by atoms with E-state index in [0.717, 1.165) is 11.5 Å². The fraction of sp³-hybridized carbons (Fsp3) is 0.538. The average Bonchev–Trinajstić information content (AvgIpc) is 2.54. The van der Waals surface area contributed by atoms with E-state index in [1.165, 1.54) is 24.6 Å². The molecule has 21 heavy (non-hydrogen) atoms. The highest BCUT2D eigenvalue weighted by Crippen LogP contribution is 2.36. The zero-order chi connectivity index (χ0) is 15.5. The molecule has 1 aromatic carbocycles. The standard InChI is InChI=1S/C13H18ClNO4S2/c1-18-12-8-11(7-10(9-14)13(12)19-2)21(16,17)15-3-5-20-6-4-15/h7-8H,3-6,9H2,1-2H3. The zero-order valence-corrected chi connectivity index (χ0v) is 14.4. The van der Waals surface area contributed by atoms with Crippen LogP contribution in [0, 0.1) is 0 Å².